The Balaban J connectivity index is 1.36. The van der Waals surface area contributed by atoms with Gasteiger partial charge in [0.1, 0.15) is 5.69 Å². The van der Waals surface area contributed by atoms with E-state index < -0.39 is 0 Å². The average Bonchev–Trinajstić information content (AvgIpc) is 2.96. The lowest BCUT2D eigenvalue weighted by molar-refractivity contribution is 0.0712. The number of aromatic nitrogens is 1. The van der Waals surface area contributed by atoms with Crippen LogP contribution in [0.5, 0.6) is 0 Å². The van der Waals surface area contributed by atoms with E-state index in [1.54, 1.807) is 0 Å². The third-order valence-electron chi connectivity index (χ3n) is 6.72. The highest BCUT2D eigenvalue weighted by atomic mass is 35.5. The average molecular weight is 384 g/mol. The molecular weight excluding hydrogens is 358 g/mol. The quantitative estimate of drug-likeness (QED) is 0.796. The van der Waals surface area contributed by atoms with Crippen LogP contribution in [0.25, 0.3) is 10.9 Å². The number of hydrogen-bond donors (Lipinski definition) is 0. The van der Waals surface area contributed by atoms with Crippen LogP contribution in [-0.2, 0) is 0 Å². The molecule has 1 aliphatic carbocycles. The highest BCUT2D eigenvalue weighted by Crippen LogP contribution is 2.33. The van der Waals surface area contributed by atoms with Gasteiger partial charge in [-0.05, 0) is 49.7 Å². The van der Waals surface area contributed by atoms with E-state index >= 15 is 0 Å². The van der Waals surface area contributed by atoms with Gasteiger partial charge in [0.05, 0.1) is 10.5 Å². The van der Waals surface area contributed by atoms with Crippen LogP contribution < -0.4 is 0 Å². The Bertz CT molecular complexity index is 866. The molecule has 2 atom stereocenters. The van der Waals surface area contributed by atoms with Gasteiger partial charge >= 0.3 is 0 Å². The number of carbonyl (C=O) groups is 1. The van der Waals surface area contributed by atoms with Crippen LogP contribution in [0.2, 0.25) is 5.02 Å². The number of piperidine rings is 1. The fraction of sp³-hybridized carbons (Fsp3) is 0.545. The molecule has 3 aliphatic heterocycles. The van der Waals surface area contributed by atoms with Crippen LogP contribution in [0.4, 0.5) is 0 Å². The first-order chi connectivity index (χ1) is 13.2. The lowest BCUT2D eigenvalue weighted by Crippen LogP contribution is -2.47. The maximum Gasteiger partial charge on any atom is 0.272 e. The number of amides is 1. The summed E-state index contributed by atoms with van der Waals surface area (Å²) in [7, 11) is 0. The third-order valence-corrected chi connectivity index (χ3v) is 7.03. The van der Waals surface area contributed by atoms with E-state index in [0.29, 0.717) is 22.7 Å². The zero-order chi connectivity index (χ0) is 18.4. The second-order valence-corrected chi connectivity index (χ2v) is 8.97. The van der Waals surface area contributed by atoms with Crippen molar-refractivity contribution in [3.63, 3.8) is 0 Å². The molecule has 5 heteroatoms. The van der Waals surface area contributed by atoms with Crippen molar-refractivity contribution < 1.29 is 4.79 Å². The number of carbonyl (C=O) groups excluding carboxylic acids is 1. The van der Waals surface area contributed by atoms with Gasteiger partial charge in [0.25, 0.3) is 5.91 Å². The van der Waals surface area contributed by atoms with Gasteiger partial charge in [0, 0.05) is 37.6 Å². The Morgan fingerprint density at radius 1 is 1.07 bits per heavy atom. The van der Waals surface area contributed by atoms with E-state index in [2.05, 4.69) is 9.88 Å². The molecule has 1 saturated carbocycles. The SMILES string of the molecule is O=C(c1ccc2cccc(Cl)c2n1)N1C[C@H]2CC[C@@H](C1)N(CC1CCC1)C2. The number of nitrogens with zero attached hydrogens (tertiary/aromatic N) is 3. The van der Waals surface area contributed by atoms with Gasteiger partial charge in [0.2, 0.25) is 0 Å². The summed E-state index contributed by atoms with van der Waals surface area (Å²) in [6, 6.07) is 10.0. The minimum absolute atomic E-state index is 0.0548. The Morgan fingerprint density at radius 2 is 1.96 bits per heavy atom. The second-order valence-electron chi connectivity index (χ2n) is 8.57. The van der Waals surface area contributed by atoms with E-state index in [4.69, 9.17) is 11.6 Å². The molecule has 27 heavy (non-hydrogen) atoms. The normalized spacial score (nSPS) is 26.2. The fourth-order valence-corrected chi connectivity index (χ4v) is 5.19. The van der Waals surface area contributed by atoms with E-state index in [1.165, 1.54) is 38.6 Å². The molecule has 0 radical (unpaired) electrons. The van der Waals surface area contributed by atoms with Crippen LogP contribution >= 0.6 is 11.6 Å². The molecular formula is C22H26ClN3O. The molecule has 4 nitrogen and oxygen atoms in total. The van der Waals surface area contributed by atoms with Crippen molar-refractivity contribution in [2.45, 2.75) is 38.1 Å². The first-order valence-electron chi connectivity index (χ1n) is 10.3. The molecule has 0 unspecified atom stereocenters. The molecule has 142 valence electrons. The summed E-state index contributed by atoms with van der Waals surface area (Å²) < 4.78 is 0. The van der Waals surface area contributed by atoms with E-state index in [9.17, 15) is 4.79 Å². The number of rotatable bonds is 3. The molecule has 6 rings (SSSR count). The number of para-hydroxylation sites is 1. The second kappa shape index (κ2) is 7.06. The summed E-state index contributed by atoms with van der Waals surface area (Å²) in [6.07, 6.45) is 6.63. The minimum atomic E-state index is 0.0548. The summed E-state index contributed by atoms with van der Waals surface area (Å²) in [5, 5.41) is 1.58. The Kier molecular flexibility index (Phi) is 4.57. The van der Waals surface area contributed by atoms with Crippen molar-refractivity contribution in [3.8, 4) is 0 Å². The summed E-state index contributed by atoms with van der Waals surface area (Å²) in [4.78, 5) is 22.6. The first kappa shape index (κ1) is 17.4. The van der Waals surface area contributed by atoms with Crippen LogP contribution in [0.1, 0.15) is 42.6 Å². The van der Waals surface area contributed by atoms with Crippen molar-refractivity contribution in [3.05, 3.63) is 41.0 Å². The number of pyridine rings is 1. The molecule has 2 aromatic rings. The number of hydrogen-bond acceptors (Lipinski definition) is 3. The molecule has 1 amide bonds. The smallest absolute Gasteiger partial charge is 0.272 e. The van der Waals surface area contributed by atoms with Crippen molar-refractivity contribution in [1.29, 1.82) is 0 Å². The largest absolute Gasteiger partial charge is 0.335 e. The fourth-order valence-electron chi connectivity index (χ4n) is 4.97. The van der Waals surface area contributed by atoms with E-state index in [0.717, 1.165) is 36.5 Å². The van der Waals surface area contributed by atoms with Gasteiger partial charge in [-0.3, -0.25) is 9.69 Å². The molecule has 4 heterocycles. The number of halogens is 1. The monoisotopic (exact) mass is 383 g/mol. The zero-order valence-corrected chi connectivity index (χ0v) is 16.4. The van der Waals surface area contributed by atoms with Crippen LogP contribution in [0, 0.1) is 11.8 Å². The number of fused-ring (bicyclic) bond motifs is 5. The summed E-state index contributed by atoms with van der Waals surface area (Å²) >= 11 is 6.29. The Labute approximate surface area is 165 Å². The minimum Gasteiger partial charge on any atom is -0.335 e. The predicted octanol–water partition coefficient (Wildman–Crippen LogP) is 4.22. The van der Waals surface area contributed by atoms with Gasteiger partial charge in [-0.25, -0.2) is 4.98 Å². The maximum atomic E-state index is 13.2. The van der Waals surface area contributed by atoms with Crippen molar-refractivity contribution in [2.75, 3.05) is 26.2 Å². The van der Waals surface area contributed by atoms with E-state index in [-0.39, 0.29) is 5.91 Å². The standard InChI is InChI=1S/C22H26ClN3O/c23-19-6-2-5-17-8-10-20(24-21(17)19)22(27)26-13-16-7-9-18(14-26)25(12-16)11-15-3-1-4-15/h2,5-6,8,10,15-16,18H,1,3-4,7,9,11-14H2/t16-,18-/m0/s1. The van der Waals surface area contributed by atoms with Gasteiger partial charge < -0.3 is 4.90 Å². The van der Waals surface area contributed by atoms with Crippen LogP contribution in [-0.4, -0.2) is 52.9 Å². The lowest BCUT2D eigenvalue weighted by atomic mass is 9.83. The summed E-state index contributed by atoms with van der Waals surface area (Å²) in [6.45, 7) is 4.08. The van der Waals surface area contributed by atoms with Gasteiger partial charge in [-0.15, -0.1) is 0 Å². The van der Waals surface area contributed by atoms with E-state index in [1.807, 2.05) is 35.2 Å². The molecule has 3 saturated heterocycles. The van der Waals surface area contributed by atoms with Gasteiger partial charge in [0.15, 0.2) is 0 Å². The number of benzene rings is 1. The van der Waals surface area contributed by atoms with Gasteiger partial charge in [-0.2, -0.15) is 0 Å². The summed E-state index contributed by atoms with van der Waals surface area (Å²) in [5.41, 5.74) is 1.23. The highest BCUT2D eigenvalue weighted by molar-refractivity contribution is 6.35. The zero-order valence-electron chi connectivity index (χ0n) is 15.6. The molecule has 2 bridgehead atoms. The molecule has 4 aliphatic rings. The first-order valence-corrected chi connectivity index (χ1v) is 10.6. The van der Waals surface area contributed by atoms with Crippen molar-refractivity contribution in [2.24, 2.45) is 11.8 Å². The maximum absolute atomic E-state index is 13.2. The Morgan fingerprint density at radius 3 is 2.78 bits per heavy atom. The van der Waals surface area contributed by atoms with Crippen LogP contribution in [0.15, 0.2) is 30.3 Å². The molecule has 1 aromatic carbocycles. The third kappa shape index (κ3) is 3.34. The molecule has 1 aromatic heterocycles. The van der Waals surface area contributed by atoms with Gasteiger partial charge in [-0.1, -0.05) is 36.2 Å². The highest BCUT2D eigenvalue weighted by Gasteiger charge is 2.38. The molecule has 4 fully saturated rings. The predicted molar refractivity (Wildman–Crippen MR) is 108 cm³/mol. The molecule has 0 N–H and O–H groups in total. The van der Waals surface area contributed by atoms with Crippen LogP contribution in [0.3, 0.4) is 0 Å². The lowest BCUT2D eigenvalue weighted by Gasteiger charge is -2.40. The Hall–Kier alpha value is -1.65. The topological polar surface area (TPSA) is 36.4 Å². The van der Waals surface area contributed by atoms with Crippen molar-refractivity contribution in [1.82, 2.24) is 14.8 Å². The molecule has 0 spiro atoms. The van der Waals surface area contributed by atoms with Crippen molar-refractivity contribution >= 4 is 28.4 Å². The summed E-state index contributed by atoms with van der Waals surface area (Å²) in [5.74, 6) is 1.54.